The molecule has 2 N–H and O–H groups in total. The molecule has 0 bridgehead atoms. The van der Waals surface area contributed by atoms with E-state index in [1.54, 1.807) is 36.0 Å². The highest BCUT2D eigenvalue weighted by Crippen LogP contribution is 2.33. The number of carbonyl (C=O) groups excluding carboxylic acids is 3. The maximum atomic E-state index is 12.5. The topological polar surface area (TPSA) is 95.9 Å². The van der Waals surface area contributed by atoms with Crippen molar-refractivity contribution in [2.24, 2.45) is 0 Å². The normalized spacial score (nSPS) is 24.4. The average molecular weight is 394 g/mol. The fourth-order valence-corrected chi connectivity index (χ4v) is 4.64. The highest BCUT2D eigenvalue weighted by molar-refractivity contribution is 8.18. The van der Waals surface area contributed by atoms with Crippen molar-refractivity contribution >= 4 is 46.7 Å². The van der Waals surface area contributed by atoms with Gasteiger partial charge in [-0.25, -0.2) is 0 Å². The van der Waals surface area contributed by atoms with Crippen LogP contribution in [0.25, 0.3) is 6.08 Å². The van der Waals surface area contributed by atoms with Crippen LogP contribution in [0, 0.1) is 0 Å². The molecule has 3 rings (SSSR count). The number of benzene rings is 1. The zero-order valence-corrected chi connectivity index (χ0v) is 15.6. The van der Waals surface area contributed by atoms with Gasteiger partial charge >= 0.3 is 0 Å². The SMILES string of the molecule is COc1ccccc1/C=C1\SC(=O)N(CC(=O)N[C@@H]2CSC[C@@H]2O)C1=O. The van der Waals surface area contributed by atoms with Crippen LogP contribution in [0.15, 0.2) is 29.2 Å². The minimum atomic E-state index is -0.607. The lowest BCUT2D eigenvalue weighted by atomic mass is 10.2. The lowest BCUT2D eigenvalue weighted by Gasteiger charge is -2.18. The monoisotopic (exact) mass is 394 g/mol. The smallest absolute Gasteiger partial charge is 0.294 e. The quantitative estimate of drug-likeness (QED) is 0.727. The van der Waals surface area contributed by atoms with E-state index in [1.807, 2.05) is 6.07 Å². The lowest BCUT2D eigenvalue weighted by Crippen LogP contribution is -2.47. The number of aliphatic hydroxyl groups excluding tert-OH is 1. The van der Waals surface area contributed by atoms with E-state index in [0.717, 1.165) is 16.7 Å². The van der Waals surface area contributed by atoms with Gasteiger partial charge in [0.15, 0.2) is 0 Å². The first-order chi connectivity index (χ1) is 12.5. The molecule has 2 fully saturated rings. The van der Waals surface area contributed by atoms with Crippen LogP contribution in [-0.2, 0) is 9.59 Å². The van der Waals surface area contributed by atoms with Gasteiger partial charge < -0.3 is 15.2 Å². The summed E-state index contributed by atoms with van der Waals surface area (Å²) in [7, 11) is 1.53. The van der Waals surface area contributed by atoms with Crippen LogP contribution >= 0.6 is 23.5 Å². The maximum absolute atomic E-state index is 12.5. The van der Waals surface area contributed by atoms with E-state index in [0.29, 0.717) is 22.8 Å². The maximum Gasteiger partial charge on any atom is 0.294 e. The van der Waals surface area contributed by atoms with Crippen molar-refractivity contribution in [1.29, 1.82) is 0 Å². The van der Waals surface area contributed by atoms with Crippen molar-refractivity contribution < 1.29 is 24.2 Å². The molecule has 7 nitrogen and oxygen atoms in total. The van der Waals surface area contributed by atoms with E-state index in [4.69, 9.17) is 4.74 Å². The molecule has 2 saturated heterocycles. The van der Waals surface area contributed by atoms with E-state index < -0.39 is 23.2 Å². The van der Waals surface area contributed by atoms with Gasteiger partial charge in [-0.05, 0) is 23.9 Å². The molecule has 1 aromatic carbocycles. The fourth-order valence-electron chi connectivity index (χ4n) is 2.64. The number of aliphatic hydroxyl groups is 1. The third kappa shape index (κ3) is 4.05. The number of hydrogen-bond donors (Lipinski definition) is 2. The van der Waals surface area contributed by atoms with Crippen LogP contribution in [0.1, 0.15) is 5.56 Å². The van der Waals surface area contributed by atoms with Crippen LogP contribution in [-0.4, -0.2) is 64.4 Å². The lowest BCUT2D eigenvalue weighted by molar-refractivity contribution is -0.129. The summed E-state index contributed by atoms with van der Waals surface area (Å²) in [5.41, 5.74) is 0.677. The Balaban J connectivity index is 1.68. The summed E-state index contributed by atoms with van der Waals surface area (Å²) in [6.07, 6.45) is 0.975. The Labute approximate surface area is 159 Å². The number of methoxy groups -OCH3 is 1. The van der Waals surface area contributed by atoms with Gasteiger partial charge in [0.05, 0.1) is 24.2 Å². The molecule has 9 heteroatoms. The molecule has 1 aromatic rings. The molecule has 0 aromatic heterocycles. The number of imide groups is 1. The highest BCUT2D eigenvalue weighted by atomic mass is 32.2. The summed E-state index contributed by atoms with van der Waals surface area (Å²) >= 11 is 2.33. The summed E-state index contributed by atoms with van der Waals surface area (Å²) in [5, 5.41) is 11.9. The number of rotatable bonds is 5. The average Bonchev–Trinajstić information content (AvgIpc) is 3.13. The summed E-state index contributed by atoms with van der Waals surface area (Å²) in [6, 6.07) is 6.79. The molecule has 0 saturated carbocycles. The molecular formula is C17H18N2O5S2. The summed E-state index contributed by atoms with van der Waals surface area (Å²) < 4.78 is 5.24. The molecule has 2 aliphatic heterocycles. The largest absolute Gasteiger partial charge is 0.496 e. The van der Waals surface area contributed by atoms with Gasteiger partial charge in [0.25, 0.3) is 11.1 Å². The highest BCUT2D eigenvalue weighted by Gasteiger charge is 2.37. The van der Waals surface area contributed by atoms with E-state index in [-0.39, 0.29) is 17.5 Å². The second-order valence-electron chi connectivity index (χ2n) is 5.79. The van der Waals surface area contributed by atoms with Gasteiger partial charge in [-0.3, -0.25) is 19.3 Å². The molecule has 0 spiro atoms. The Morgan fingerprint density at radius 3 is 2.85 bits per heavy atom. The summed E-state index contributed by atoms with van der Waals surface area (Å²) in [4.78, 5) is 37.9. The number of thioether (sulfide) groups is 2. The third-order valence-electron chi connectivity index (χ3n) is 4.00. The first kappa shape index (κ1) is 18.8. The molecule has 2 atom stereocenters. The number of amides is 3. The molecule has 138 valence electrons. The second kappa shape index (κ2) is 8.15. The van der Waals surface area contributed by atoms with Crippen LogP contribution in [0.5, 0.6) is 5.75 Å². The van der Waals surface area contributed by atoms with Gasteiger partial charge in [0.1, 0.15) is 12.3 Å². The van der Waals surface area contributed by atoms with Gasteiger partial charge in [0, 0.05) is 17.1 Å². The van der Waals surface area contributed by atoms with Gasteiger partial charge in [-0.1, -0.05) is 18.2 Å². The van der Waals surface area contributed by atoms with Gasteiger partial charge in [0.2, 0.25) is 5.91 Å². The second-order valence-corrected chi connectivity index (χ2v) is 7.86. The molecule has 0 aliphatic carbocycles. The Bertz CT molecular complexity index is 767. The first-order valence-corrected chi connectivity index (χ1v) is 9.90. The van der Waals surface area contributed by atoms with E-state index in [2.05, 4.69) is 5.32 Å². The van der Waals surface area contributed by atoms with Crippen molar-refractivity contribution in [3.8, 4) is 5.75 Å². The zero-order valence-electron chi connectivity index (χ0n) is 14.0. The Hall–Kier alpha value is -1.97. The van der Waals surface area contributed by atoms with E-state index >= 15 is 0 Å². The van der Waals surface area contributed by atoms with Crippen molar-refractivity contribution in [2.75, 3.05) is 25.2 Å². The predicted octanol–water partition coefficient (Wildman–Crippen LogP) is 1.32. The molecular weight excluding hydrogens is 376 g/mol. The van der Waals surface area contributed by atoms with Gasteiger partial charge in [-0.15, -0.1) is 0 Å². The summed E-state index contributed by atoms with van der Waals surface area (Å²) in [6.45, 7) is -0.359. The van der Waals surface area contributed by atoms with Crippen molar-refractivity contribution in [3.05, 3.63) is 34.7 Å². The molecule has 0 unspecified atom stereocenters. The Morgan fingerprint density at radius 1 is 1.38 bits per heavy atom. The van der Waals surface area contributed by atoms with Crippen LogP contribution in [0.4, 0.5) is 4.79 Å². The molecule has 3 amide bonds. The Kier molecular flexibility index (Phi) is 5.90. The third-order valence-corrected chi connectivity index (χ3v) is 6.08. The number of nitrogens with zero attached hydrogens (tertiary/aromatic N) is 1. The van der Waals surface area contributed by atoms with Gasteiger partial charge in [-0.2, -0.15) is 11.8 Å². The van der Waals surface area contributed by atoms with E-state index in [9.17, 15) is 19.5 Å². The molecule has 2 aliphatic rings. The molecule has 2 heterocycles. The minimum absolute atomic E-state index is 0.240. The van der Waals surface area contributed by atoms with E-state index in [1.165, 1.54) is 7.11 Å². The van der Waals surface area contributed by atoms with Crippen molar-refractivity contribution in [1.82, 2.24) is 10.2 Å². The number of ether oxygens (including phenoxy) is 1. The zero-order chi connectivity index (χ0) is 18.7. The van der Waals surface area contributed by atoms with Crippen molar-refractivity contribution in [2.45, 2.75) is 12.1 Å². The minimum Gasteiger partial charge on any atom is -0.496 e. The predicted molar refractivity (Wildman–Crippen MR) is 101 cm³/mol. The van der Waals surface area contributed by atoms with Crippen LogP contribution in [0.3, 0.4) is 0 Å². The number of carbonyl (C=O) groups is 3. The summed E-state index contributed by atoms with van der Waals surface area (Å²) in [5.74, 6) is 0.793. The Morgan fingerprint density at radius 2 is 2.15 bits per heavy atom. The first-order valence-electron chi connectivity index (χ1n) is 7.93. The van der Waals surface area contributed by atoms with Crippen LogP contribution < -0.4 is 10.1 Å². The van der Waals surface area contributed by atoms with Crippen LogP contribution in [0.2, 0.25) is 0 Å². The molecule has 0 radical (unpaired) electrons. The number of nitrogens with one attached hydrogen (secondary N) is 1. The number of para-hydroxylation sites is 1. The number of hydrogen-bond acceptors (Lipinski definition) is 7. The fraction of sp³-hybridized carbons (Fsp3) is 0.353. The standard InChI is InChI=1S/C17H18N2O5S2/c1-24-13-5-3-2-4-10(13)6-14-16(22)19(17(23)26-14)7-15(21)18-11-8-25-9-12(11)20/h2-6,11-12,20H,7-9H2,1H3,(H,18,21)/b14-6-/t11-,12+/m1/s1. The van der Waals surface area contributed by atoms with Crippen molar-refractivity contribution in [3.63, 3.8) is 0 Å². The molecule has 26 heavy (non-hydrogen) atoms.